The fourth-order valence-corrected chi connectivity index (χ4v) is 1.87. The van der Waals surface area contributed by atoms with E-state index in [0.29, 0.717) is 0 Å². The third-order valence-corrected chi connectivity index (χ3v) is 2.80. The summed E-state index contributed by atoms with van der Waals surface area (Å²) in [7, 11) is 9.70. The van der Waals surface area contributed by atoms with Crippen molar-refractivity contribution < 1.29 is 0 Å². The predicted octanol–water partition coefficient (Wildman–Crippen LogP) is 0.614. The Kier molecular flexibility index (Phi) is 5.45. The number of likely N-dealkylation sites (N-methyl/N-ethyl adjacent to an activating group) is 1. The third kappa shape index (κ3) is 4.94. The normalized spacial score (nSPS) is 21.4. The molecule has 1 rings (SSSR count). The Hall–Kier alpha value is -0.120. The van der Waals surface area contributed by atoms with Gasteiger partial charge in [0.15, 0.2) is 0 Å². The average Bonchev–Trinajstić information content (AvgIpc) is 2.30. The molecule has 0 saturated carbocycles. The number of nitrogens with zero attached hydrogens (tertiary/aromatic N) is 3. The van der Waals surface area contributed by atoms with E-state index < -0.39 is 0 Å². The molecule has 82 valence electrons. The molecule has 1 fully saturated rings. The Morgan fingerprint density at radius 1 is 1.21 bits per heavy atom. The van der Waals surface area contributed by atoms with Crippen molar-refractivity contribution in [2.75, 3.05) is 53.4 Å². The van der Waals surface area contributed by atoms with E-state index in [4.69, 9.17) is 7.05 Å². The third-order valence-electron chi connectivity index (χ3n) is 2.80. The van der Waals surface area contributed by atoms with Crippen molar-refractivity contribution in [3.05, 3.63) is 7.05 Å². The molecule has 0 aromatic carbocycles. The molecule has 0 N–H and O–H groups in total. The van der Waals surface area contributed by atoms with Crippen molar-refractivity contribution in [1.82, 2.24) is 14.7 Å². The second kappa shape index (κ2) is 6.38. The van der Waals surface area contributed by atoms with Gasteiger partial charge >= 0.3 is 0 Å². The van der Waals surface area contributed by atoms with Crippen LogP contribution in [0.15, 0.2) is 0 Å². The standard InChI is InChI=1S/C11H23N3/c1-12(2)6-4-8-14-9-5-7-13(3)10-11-14/h1H,4-11H2,2-3H3. The molecule has 1 saturated heterocycles. The first-order chi connectivity index (χ1) is 6.68. The summed E-state index contributed by atoms with van der Waals surface area (Å²) >= 11 is 0. The largest absolute Gasteiger partial charge is 0.305 e. The molecule has 0 unspecified atom stereocenters. The molecule has 0 amide bonds. The minimum absolute atomic E-state index is 0.992. The van der Waals surface area contributed by atoms with Crippen molar-refractivity contribution in [1.29, 1.82) is 0 Å². The zero-order valence-electron chi connectivity index (χ0n) is 9.58. The van der Waals surface area contributed by atoms with E-state index in [9.17, 15) is 0 Å². The quantitative estimate of drug-likeness (QED) is 0.612. The van der Waals surface area contributed by atoms with Crippen LogP contribution in [-0.2, 0) is 0 Å². The van der Waals surface area contributed by atoms with Crippen LogP contribution in [0.4, 0.5) is 0 Å². The van der Waals surface area contributed by atoms with Crippen molar-refractivity contribution >= 4 is 0 Å². The molecule has 0 aromatic rings. The summed E-state index contributed by atoms with van der Waals surface area (Å²) in [5.41, 5.74) is 0. The summed E-state index contributed by atoms with van der Waals surface area (Å²) in [5.74, 6) is 0. The number of rotatable bonds is 4. The molecule has 0 bridgehead atoms. The summed E-state index contributed by atoms with van der Waals surface area (Å²) < 4.78 is 0. The van der Waals surface area contributed by atoms with E-state index in [-0.39, 0.29) is 0 Å². The molecule has 1 heterocycles. The van der Waals surface area contributed by atoms with Gasteiger partial charge in [-0.3, -0.25) is 0 Å². The van der Waals surface area contributed by atoms with Crippen LogP contribution in [0.5, 0.6) is 0 Å². The second-order valence-electron chi connectivity index (χ2n) is 4.33. The van der Waals surface area contributed by atoms with E-state index in [2.05, 4.69) is 16.8 Å². The van der Waals surface area contributed by atoms with Gasteiger partial charge in [0.05, 0.1) is 0 Å². The molecule has 14 heavy (non-hydrogen) atoms. The lowest BCUT2D eigenvalue weighted by molar-refractivity contribution is 0.262. The Balaban J connectivity index is 2.11. The van der Waals surface area contributed by atoms with Crippen LogP contribution in [-0.4, -0.2) is 68.1 Å². The van der Waals surface area contributed by atoms with Crippen LogP contribution < -0.4 is 0 Å². The summed E-state index contributed by atoms with van der Waals surface area (Å²) in [6.45, 7) is 7.09. The first-order valence-electron chi connectivity index (χ1n) is 5.55. The monoisotopic (exact) mass is 197 g/mol. The van der Waals surface area contributed by atoms with Crippen LogP contribution >= 0.6 is 0 Å². The molecule has 0 atom stereocenters. The first kappa shape index (κ1) is 12.0. The Morgan fingerprint density at radius 3 is 2.71 bits per heavy atom. The zero-order valence-corrected chi connectivity index (χ0v) is 9.58. The topological polar surface area (TPSA) is 9.72 Å². The summed E-state index contributed by atoms with van der Waals surface area (Å²) in [4.78, 5) is 6.73. The van der Waals surface area contributed by atoms with E-state index in [1.54, 1.807) is 4.90 Å². The zero-order chi connectivity index (χ0) is 10.4. The molecule has 0 aromatic heterocycles. The maximum atomic E-state index is 5.57. The summed E-state index contributed by atoms with van der Waals surface area (Å²) in [6, 6.07) is 0. The van der Waals surface area contributed by atoms with Gasteiger partial charge in [-0.2, -0.15) is 0 Å². The molecule has 1 aliphatic rings. The highest BCUT2D eigenvalue weighted by Gasteiger charge is 2.10. The van der Waals surface area contributed by atoms with Crippen LogP contribution in [0.1, 0.15) is 12.8 Å². The van der Waals surface area contributed by atoms with E-state index >= 15 is 0 Å². The van der Waals surface area contributed by atoms with Crippen molar-refractivity contribution in [3.63, 3.8) is 0 Å². The van der Waals surface area contributed by atoms with Gasteiger partial charge in [0, 0.05) is 20.1 Å². The highest BCUT2D eigenvalue weighted by Crippen LogP contribution is 2.01. The molecular formula is C11H23N3. The van der Waals surface area contributed by atoms with Gasteiger partial charge in [0.2, 0.25) is 0 Å². The SMILES string of the molecule is [CH]N(C)CCCN1CCCN(C)CC1. The van der Waals surface area contributed by atoms with Crippen molar-refractivity contribution in [2.24, 2.45) is 0 Å². The van der Waals surface area contributed by atoms with Gasteiger partial charge in [-0.1, -0.05) is 0 Å². The van der Waals surface area contributed by atoms with E-state index in [0.717, 1.165) is 6.54 Å². The lowest BCUT2D eigenvalue weighted by Crippen LogP contribution is -2.31. The lowest BCUT2D eigenvalue weighted by atomic mass is 10.3. The maximum absolute atomic E-state index is 5.57. The smallest absolute Gasteiger partial charge is 0.0435 e. The highest BCUT2D eigenvalue weighted by molar-refractivity contribution is 4.67. The molecule has 3 nitrogen and oxygen atoms in total. The second-order valence-corrected chi connectivity index (χ2v) is 4.33. The Bertz CT molecular complexity index is 147. The Morgan fingerprint density at radius 2 is 2.00 bits per heavy atom. The van der Waals surface area contributed by atoms with Crippen molar-refractivity contribution in [2.45, 2.75) is 12.8 Å². The Labute approximate surface area is 88.7 Å². The van der Waals surface area contributed by atoms with Crippen LogP contribution in [0.25, 0.3) is 0 Å². The summed E-state index contributed by atoms with van der Waals surface area (Å²) in [5, 5.41) is 0. The van der Waals surface area contributed by atoms with Gasteiger partial charge in [-0.05, 0) is 53.1 Å². The molecular weight excluding hydrogens is 174 g/mol. The molecule has 2 radical (unpaired) electrons. The fourth-order valence-electron chi connectivity index (χ4n) is 1.87. The lowest BCUT2D eigenvalue weighted by Gasteiger charge is -2.20. The molecule has 0 spiro atoms. The highest BCUT2D eigenvalue weighted by atomic mass is 15.2. The van der Waals surface area contributed by atoms with Gasteiger partial charge in [-0.25, -0.2) is 0 Å². The van der Waals surface area contributed by atoms with Crippen LogP contribution in [0, 0.1) is 7.05 Å². The van der Waals surface area contributed by atoms with Crippen LogP contribution in [0.2, 0.25) is 0 Å². The number of hydrogen-bond acceptors (Lipinski definition) is 3. The molecule has 0 aliphatic carbocycles. The minimum Gasteiger partial charge on any atom is -0.305 e. The average molecular weight is 197 g/mol. The minimum atomic E-state index is 0.992. The fraction of sp³-hybridized carbons (Fsp3) is 0.909. The molecule has 3 heteroatoms. The van der Waals surface area contributed by atoms with Crippen LogP contribution in [0.3, 0.4) is 0 Å². The summed E-state index contributed by atoms with van der Waals surface area (Å²) in [6.07, 6.45) is 2.48. The van der Waals surface area contributed by atoms with Gasteiger partial charge in [-0.15, -0.1) is 0 Å². The van der Waals surface area contributed by atoms with Crippen molar-refractivity contribution in [3.8, 4) is 0 Å². The number of hydrogen-bond donors (Lipinski definition) is 0. The van der Waals surface area contributed by atoms with Gasteiger partial charge in [0.1, 0.15) is 0 Å². The van der Waals surface area contributed by atoms with Gasteiger partial charge in [0.25, 0.3) is 0 Å². The first-order valence-corrected chi connectivity index (χ1v) is 5.55. The predicted molar refractivity (Wildman–Crippen MR) is 60.1 cm³/mol. The van der Waals surface area contributed by atoms with Gasteiger partial charge < -0.3 is 14.7 Å². The maximum Gasteiger partial charge on any atom is 0.0435 e. The van der Waals surface area contributed by atoms with E-state index in [1.165, 1.54) is 45.6 Å². The molecule has 1 aliphatic heterocycles. The van der Waals surface area contributed by atoms with E-state index in [1.807, 2.05) is 7.05 Å².